The molecule has 0 saturated heterocycles. The van der Waals surface area contributed by atoms with E-state index in [1.807, 2.05) is 30.2 Å². The lowest BCUT2D eigenvalue weighted by molar-refractivity contribution is 0.871. The zero-order valence-electron chi connectivity index (χ0n) is 8.93. The zero-order valence-corrected chi connectivity index (χ0v) is 9.75. The van der Waals surface area contributed by atoms with Crippen molar-refractivity contribution in [1.82, 2.24) is 4.98 Å². The molecule has 1 aliphatic rings. The summed E-state index contributed by atoms with van der Waals surface area (Å²) in [4.78, 5) is 4.16. The molecule has 1 fully saturated rings. The molecule has 1 atom stereocenters. The molecule has 1 aromatic heterocycles. The van der Waals surface area contributed by atoms with Gasteiger partial charge in [0, 0.05) is 29.4 Å². The first-order valence-corrected chi connectivity index (χ1v) is 6.60. The van der Waals surface area contributed by atoms with E-state index in [0.717, 1.165) is 5.25 Å². The smallest absolute Gasteiger partial charge is 0.0437 e. The van der Waals surface area contributed by atoms with Gasteiger partial charge < -0.3 is 5.73 Å². The highest BCUT2D eigenvalue weighted by atomic mass is 32.2. The molecule has 0 bridgehead atoms. The molecule has 1 saturated carbocycles. The van der Waals surface area contributed by atoms with Crippen LogP contribution in [0, 0.1) is 0 Å². The molecule has 1 aliphatic carbocycles. The van der Waals surface area contributed by atoms with Crippen molar-refractivity contribution in [3.63, 3.8) is 0 Å². The molecule has 2 rings (SSSR count). The van der Waals surface area contributed by atoms with Gasteiger partial charge in [0.25, 0.3) is 0 Å². The third-order valence-electron chi connectivity index (χ3n) is 2.93. The zero-order chi connectivity index (χ0) is 10.5. The Hall–Kier alpha value is -0.540. The molecule has 0 radical (unpaired) electrons. The number of aromatic nitrogens is 1. The largest absolute Gasteiger partial charge is 0.329 e. The highest BCUT2D eigenvalue weighted by Crippen LogP contribution is 2.38. The minimum Gasteiger partial charge on any atom is -0.329 e. The van der Waals surface area contributed by atoms with Crippen LogP contribution in [0.2, 0.25) is 0 Å². The lowest BCUT2D eigenvalue weighted by Crippen LogP contribution is -2.12. The minimum absolute atomic E-state index is 0.432. The van der Waals surface area contributed by atoms with Gasteiger partial charge in [-0.3, -0.25) is 4.98 Å². The van der Waals surface area contributed by atoms with Gasteiger partial charge in [0.2, 0.25) is 0 Å². The van der Waals surface area contributed by atoms with Crippen molar-refractivity contribution in [1.29, 1.82) is 0 Å². The van der Waals surface area contributed by atoms with Gasteiger partial charge in [-0.1, -0.05) is 18.9 Å². The van der Waals surface area contributed by atoms with Gasteiger partial charge in [0.15, 0.2) is 0 Å². The number of nitrogens with zero attached hydrogens (tertiary/aromatic N) is 1. The Morgan fingerprint density at radius 2 is 2.27 bits per heavy atom. The van der Waals surface area contributed by atoms with Crippen LogP contribution in [0.15, 0.2) is 24.5 Å². The van der Waals surface area contributed by atoms with Crippen LogP contribution in [0.1, 0.15) is 36.5 Å². The molecule has 0 amide bonds. The van der Waals surface area contributed by atoms with E-state index < -0.39 is 0 Å². The molecule has 0 aliphatic heterocycles. The molecule has 0 spiro atoms. The average molecular weight is 222 g/mol. The Balaban J connectivity index is 1.97. The van der Waals surface area contributed by atoms with Gasteiger partial charge in [-0.05, 0) is 24.5 Å². The second-order valence-electron chi connectivity index (χ2n) is 4.05. The predicted octanol–water partition coefficient (Wildman–Crippen LogP) is 2.76. The molecule has 0 aromatic carbocycles. The van der Waals surface area contributed by atoms with Crippen molar-refractivity contribution in [2.24, 2.45) is 5.73 Å². The molecule has 1 aromatic rings. The minimum atomic E-state index is 0.432. The van der Waals surface area contributed by atoms with Crippen LogP contribution >= 0.6 is 11.8 Å². The second-order valence-corrected chi connectivity index (χ2v) is 5.56. The van der Waals surface area contributed by atoms with Gasteiger partial charge in [-0.25, -0.2) is 0 Å². The summed E-state index contributed by atoms with van der Waals surface area (Å²) in [6, 6.07) is 4.12. The average Bonchev–Trinajstić information content (AvgIpc) is 2.80. The molecular formula is C12H18N2S. The Morgan fingerprint density at radius 3 is 2.87 bits per heavy atom. The number of hydrogen-bond donors (Lipinski definition) is 1. The lowest BCUT2D eigenvalue weighted by Gasteiger charge is -2.18. The number of rotatable bonds is 4. The SMILES string of the molecule is NCC(SC1CCCC1)c1cccnc1. The van der Waals surface area contributed by atoms with Crippen molar-refractivity contribution in [2.45, 2.75) is 36.2 Å². The van der Waals surface area contributed by atoms with Crippen molar-refractivity contribution >= 4 is 11.8 Å². The summed E-state index contributed by atoms with van der Waals surface area (Å²) in [7, 11) is 0. The highest BCUT2D eigenvalue weighted by molar-refractivity contribution is 8.00. The monoisotopic (exact) mass is 222 g/mol. The third kappa shape index (κ3) is 2.95. The fraction of sp³-hybridized carbons (Fsp3) is 0.583. The first-order chi connectivity index (χ1) is 7.40. The van der Waals surface area contributed by atoms with Gasteiger partial charge in [-0.15, -0.1) is 11.8 Å². The van der Waals surface area contributed by atoms with Crippen molar-refractivity contribution < 1.29 is 0 Å². The summed E-state index contributed by atoms with van der Waals surface area (Å²) in [6.07, 6.45) is 9.27. The van der Waals surface area contributed by atoms with Gasteiger partial charge in [0.1, 0.15) is 0 Å². The fourth-order valence-electron chi connectivity index (χ4n) is 2.09. The molecule has 82 valence electrons. The summed E-state index contributed by atoms with van der Waals surface area (Å²) in [5.74, 6) is 0. The molecule has 1 unspecified atom stereocenters. The van der Waals surface area contributed by atoms with Gasteiger partial charge in [0.05, 0.1) is 0 Å². The quantitative estimate of drug-likeness (QED) is 0.851. The van der Waals surface area contributed by atoms with Crippen LogP contribution in [0.25, 0.3) is 0 Å². The summed E-state index contributed by atoms with van der Waals surface area (Å²) in [5, 5.41) is 1.25. The predicted molar refractivity (Wildman–Crippen MR) is 65.9 cm³/mol. The van der Waals surface area contributed by atoms with E-state index in [-0.39, 0.29) is 0 Å². The Bertz CT molecular complexity index is 283. The number of pyridine rings is 1. The standard InChI is InChI=1S/C12H18N2S/c13-8-12(10-4-3-7-14-9-10)15-11-5-1-2-6-11/h3-4,7,9,11-12H,1-2,5-6,8,13H2. The first kappa shape index (κ1) is 11.0. The van der Waals surface area contributed by atoms with Crippen LogP contribution in [-0.4, -0.2) is 16.8 Å². The maximum Gasteiger partial charge on any atom is 0.0437 e. The number of nitrogens with two attached hydrogens (primary N) is 1. The van der Waals surface area contributed by atoms with Crippen molar-refractivity contribution in [2.75, 3.05) is 6.54 Å². The normalized spacial score (nSPS) is 19.3. The molecular weight excluding hydrogens is 204 g/mol. The molecule has 15 heavy (non-hydrogen) atoms. The molecule has 2 N–H and O–H groups in total. The Labute approximate surface area is 95.7 Å². The topological polar surface area (TPSA) is 38.9 Å². The van der Waals surface area contributed by atoms with E-state index in [4.69, 9.17) is 5.73 Å². The number of hydrogen-bond acceptors (Lipinski definition) is 3. The van der Waals surface area contributed by atoms with E-state index in [9.17, 15) is 0 Å². The van der Waals surface area contributed by atoms with Gasteiger partial charge >= 0.3 is 0 Å². The first-order valence-electron chi connectivity index (χ1n) is 5.65. The molecule has 2 nitrogen and oxygen atoms in total. The highest BCUT2D eigenvalue weighted by Gasteiger charge is 2.20. The Morgan fingerprint density at radius 1 is 1.47 bits per heavy atom. The van der Waals surface area contributed by atoms with Gasteiger partial charge in [-0.2, -0.15) is 0 Å². The fourth-order valence-corrected chi connectivity index (χ4v) is 3.57. The van der Waals surface area contributed by atoms with E-state index in [1.54, 1.807) is 0 Å². The molecule has 1 heterocycles. The maximum absolute atomic E-state index is 5.83. The van der Waals surface area contributed by atoms with Crippen LogP contribution in [0.4, 0.5) is 0 Å². The third-order valence-corrected chi connectivity index (χ3v) is 4.58. The Kier molecular flexibility index (Phi) is 4.03. The summed E-state index contributed by atoms with van der Waals surface area (Å²) in [6.45, 7) is 0.715. The van der Waals surface area contributed by atoms with Crippen LogP contribution in [0.3, 0.4) is 0 Å². The van der Waals surface area contributed by atoms with Crippen LogP contribution in [0.5, 0.6) is 0 Å². The van der Waals surface area contributed by atoms with E-state index >= 15 is 0 Å². The van der Waals surface area contributed by atoms with Crippen LogP contribution < -0.4 is 5.73 Å². The van der Waals surface area contributed by atoms with E-state index in [0.29, 0.717) is 11.8 Å². The summed E-state index contributed by atoms with van der Waals surface area (Å²) >= 11 is 2.04. The summed E-state index contributed by atoms with van der Waals surface area (Å²) < 4.78 is 0. The van der Waals surface area contributed by atoms with Crippen molar-refractivity contribution in [3.05, 3.63) is 30.1 Å². The maximum atomic E-state index is 5.83. The van der Waals surface area contributed by atoms with E-state index in [2.05, 4.69) is 11.1 Å². The second kappa shape index (κ2) is 5.52. The molecule has 3 heteroatoms. The van der Waals surface area contributed by atoms with E-state index in [1.165, 1.54) is 31.2 Å². The summed E-state index contributed by atoms with van der Waals surface area (Å²) in [5.41, 5.74) is 7.11. The van der Waals surface area contributed by atoms with Crippen molar-refractivity contribution in [3.8, 4) is 0 Å². The lowest BCUT2D eigenvalue weighted by atomic mass is 10.2. The number of thioether (sulfide) groups is 1. The van der Waals surface area contributed by atoms with Crippen LogP contribution in [-0.2, 0) is 0 Å².